The maximum absolute atomic E-state index is 12.6. The van der Waals surface area contributed by atoms with Crippen molar-refractivity contribution in [2.45, 2.75) is 4.90 Å². The third-order valence-electron chi connectivity index (χ3n) is 3.87. The van der Waals surface area contributed by atoms with E-state index >= 15 is 0 Å². The van der Waals surface area contributed by atoms with Gasteiger partial charge in [0, 0.05) is 27.4 Å². The Hall–Kier alpha value is -3.14. The molecule has 0 radical (unpaired) electrons. The van der Waals surface area contributed by atoms with Gasteiger partial charge in [-0.15, -0.1) is 0 Å². The molecule has 0 amide bonds. The molecule has 3 rings (SSSR count). The van der Waals surface area contributed by atoms with Crippen molar-refractivity contribution >= 4 is 56.5 Å². The van der Waals surface area contributed by atoms with E-state index in [-0.39, 0.29) is 16.3 Å². The summed E-state index contributed by atoms with van der Waals surface area (Å²) in [5, 5.41) is 16.3. The van der Waals surface area contributed by atoms with E-state index in [1.807, 2.05) is 0 Å². The van der Waals surface area contributed by atoms with Crippen molar-refractivity contribution in [2.24, 2.45) is 5.10 Å². The van der Waals surface area contributed by atoms with E-state index < -0.39 is 20.6 Å². The number of nitrogens with zero attached hydrogens (tertiary/aromatic N) is 2. The van der Waals surface area contributed by atoms with Crippen LogP contribution in [0, 0.1) is 10.1 Å². The lowest BCUT2D eigenvalue weighted by Crippen LogP contribution is -2.13. The minimum atomic E-state index is -4.05. The average molecular weight is 465 g/mol. The van der Waals surface area contributed by atoms with Crippen LogP contribution in [-0.4, -0.2) is 19.6 Å². The highest BCUT2D eigenvalue weighted by atomic mass is 35.5. The molecular formula is C19H14Cl2N4O4S. The number of halogens is 2. The van der Waals surface area contributed by atoms with Gasteiger partial charge in [-0.3, -0.25) is 20.3 Å². The van der Waals surface area contributed by atoms with Crippen LogP contribution in [0.4, 0.5) is 17.1 Å². The van der Waals surface area contributed by atoms with Crippen LogP contribution >= 0.6 is 23.2 Å². The van der Waals surface area contributed by atoms with Gasteiger partial charge in [0.15, 0.2) is 0 Å². The maximum Gasteiger partial charge on any atom is 0.295 e. The van der Waals surface area contributed by atoms with Crippen molar-refractivity contribution in [3.05, 3.63) is 92.5 Å². The number of nitro benzene ring substituents is 1. The molecule has 0 bridgehead atoms. The van der Waals surface area contributed by atoms with Crippen molar-refractivity contribution in [1.29, 1.82) is 0 Å². The molecule has 0 spiro atoms. The Bertz CT molecular complexity index is 1220. The number of hydrogen-bond donors (Lipinski definition) is 2. The van der Waals surface area contributed by atoms with Gasteiger partial charge in [-0.2, -0.15) is 5.10 Å². The van der Waals surface area contributed by atoms with Gasteiger partial charge < -0.3 is 0 Å². The molecular weight excluding hydrogens is 451 g/mol. The first-order chi connectivity index (χ1) is 14.3. The van der Waals surface area contributed by atoms with Gasteiger partial charge in [-0.25, -0.2) is 8.42 Å². The molecule has 2 N–H and O–H groups in total. The summed E-state index contributed by atoms with van der Waals surface area (Å²) in [4.78, 5) is 10.5. The predicted octanol–water partition coefficient (Wildman–Crippen LogP) is 5.15. The number of hydrogen-bond acceptors (Lipinski definition) is 6. The third kappa shape index (κ3) is 5.26. The molecule has 3 aromatic rings. The molecule has 30 heavy (non-hydrogen) atoms. The largest absolute Gasteiger partial charge is 0.295 e. The zero-order valence-corrected chi connectivity index (χ0v) is 17.4. The zero-order valence-electron chi connectivity index (χ0n) is 15.1. The molecule has 3 aromatic carbocycles. The van der Waals surface area contributed by atoms with E-state index in [1.54, 1.807) is 24.3 Å². The van der Waals surface area contributed by atoms with E-state index in [9.17, 15) is 18.5 Å². The maximum atomic E-state index is 12.6. The van der Waals surface area contributed by atoms with Crippen molar-refractivity contribution in [3.63, 3.8) is 0 Å². The Balaban J connectivity index is 1.85. The van der Waals surface area contributed by atoms with Gasteiger partial charge in [-0.05, 0) is 42.5 Å². The second-order valence-electron chi connectivity index (χ2n) is 5.94. The molecule has 154 valence electrons. The second-order valence-corrected chi connectivity index (χ2v) is 8.47. The molecule has 0 aliphatic carbocycles. The van der Waals surface area contributed by atoms with E-state index in [0.717, 1.165) is 6.07 Å². The third-order valence-corrected chi connectivity index (χ3v) is 5.84. The fourth-order valence-electron chi connectivity index (χ4n) is 2.41. The first-order valence-electron chi connectivity index (χ1n) is 8.37. The van der Waals surface area contributed by atoms with Crippen LogP contribution in [0.15, 0.2) is 76.7 Å². The standard InChI is InChI=1S/C19H14Cl2N4O4S/c20-14-5-7-15(8-6-14)24-30(28,29)16-9-10-18(19(11-16)25(26)27)23-22-12-13-3-1-2-4-17(13)21/h1-12,23-24H. The van der Waals surface area contributed by atoms with Crippen molar-refractivity contribution < 1.29 is 13.3 Å². The molecule has 0 saturated carbocycles. The lowest BCUT2D eigenvalue weighted by atomic mass is 10.2. The quantitative estimate of drug-likeness (QED) is 0.285. The van der Waals surface area contributed by atoms with Crippen LogP contribution in [0.2, 0.25) is 10.0 Å². The minimum absolute atomic E-state index is 0.0220. The van der Waals surface area contributed by atoms with Crippen LogP contribution in [0.3, 0.4) is 0 Å². The van der Waals surface area contributed by atoms with Crippen LogP contribution < -0.4 is 10.1 Å². The SMILES string of the molecule is O=[N+]([O-])c1cc(S(=O)(=O)Nc2ccc(Cl)cc2)ccc1NN=Cc1ccccc1Cl. The summed E-state index contributed by atoms with van der Waals surface area (Å²) >= 11 is 11.8. The summed E-state index contributed by atoms with van der Waals surface area (Å²) in [6.07, 6.45) is 1.40. The number of sulfonamides is 1. The Morgan fingerprint density at radius 2 is 1.70 bits per heavy atom. The van der Waals surface area contributed by atoms with Gasteiger partial charge in [-0.1, -0.05) is 41.4 Å². The topological polar surface area (TPSA) is 114 Å². The molecule has 0 aliphatic rings. The minimum Gasteiger partial charge on any atom is -0.280 e. The van der Waals surface area contributed by atoms with Gasteiger partial charge in [0.05, 0.1) is 16.0 Å². The van der Waals surface area contributed by atoms with Crippen LogP contribution in [0.5, 0.6) is 0 Å². The smallest absolute Gasteiger partial charge is 0.280 e. The fourth-order valence-corrected chi connectivity index (χ4v) is 3.80. The van der Waals surface area contributed by atoms with E-state index in [2.05, 4.69) is 15.2 Å². The van der Waals surface area contributed by atoms with E-state index in [0.29, 0.717) is 15.6 Å². The normalized spacial score (nSPS) is 11.4. The summed E-state index contributed by atoms with van der Waals surface area (Å²) < 4.78 is 27.5. The fraction of sp³-hybridized carbons (Fsp3) is 0. The van der Waals surface area contributed by atoms with Gasteiger partial charge in [0.1, 0.15) is 5.69 Å². The van der Waals surface area contributed by atoms with Crippen molar-refractivity contribution in [2.75, 3.05) is 10.1 Å². The van der Waals surface area contributed by atoms with Crippen molar-refractivity contribution in [1.82, 2.24) is 0 Å². The Morgan fingerprint density at radius 1 is 1.00 bits per heavy atom. The van der Waals surface area contributed by atoms with Crippen LogP contribution in [0.25, 0.3) is 0 Å². The number of nitro groups is 1. The first kappa shape index (κ1) is 21.6. The number of nitrogens with one attached hydrogen (secondary N) is 2. The highest BCUT2D eigenvalue weighted by Crippen LogP contribution is 2.29. The Morgan fingerprint density at radius 3 is 2.37 bits per heavy atom. The Kier molecular flexibility index (Phi) is 6.56. The molecule has 8 nitrogen and oxygen atoms in total. The lowest BCUT2D eigenvalue weighted by molar-refractivity contribution is -0.384. The van der Waals surface area contributed by atoms with Crippen molar-refractivity contribution in [3.8, 4) is 0 Å². The van der Waals surface area contributed by atoms with E-state index in [1.165, 1.54) is 42.6 Å². The number of rotatable bonds is 7. The molecule has 0 heterocycles. The zero-order chi connectivity index (χ0) is 21.7. The van der Waals surface area contributed by atoms with Gasteiger partial charge >= 0.3 is 0 Å². The summed E-state index contributed by atoms with van der Waals surface area (Å²) in [5.41, 5.74) is 3.00. The molecule has 0 unspecified atom stereocenters. The molecule has 0 fully saturated rings. The predicted molar refractivity (Wildman–Crippen MR) is 118 cm³/mol. The summed E-state index contributed by atoms with van der Waals surface area (Å²) in [6.45, 7) is 0. The van der Waals surface area contributed by atoms with Crippen LogP contribution in [-0.2, 0) is 10.0 Å². The number of benzene rings is 3. The summed E-state index contributed by atoms with van der Waals surface area (Å²) in [7, 11) is -4.05. The lowest BCUT2D eigenvalue weighted by Gasteiger charge is -2.09. The van der Waals surface area contributed by atoms with E-state index in [4.69, 9.17) is 23.2 Å². The first-order valence-corrected chi connectivity index (χ1v) is 10.6. The second kappa shape index (κ2) is 9.12. The van der Waals surface area contributed by atoms with Gasteiger partial charge in [0.2, 0.25) is 0 Å². The average Bonchev–Trinajstić information content (AvgIpc) is 2.71. The number of anilines is 2. The molecule has 0 saturated heterocycles. The molecule has 0 aromatic heterocycles. The molecule has 0 atom stereocenters. The summed E-state index contributed by atoms with van der Waals surface area (Å²) in [6, 6.07) is 16.4. The highest BCUT2D eigenvalue weighted by molar-refractivity contribution is 7.92. The highest BCUT2D eigenvalue weighted by Gasteiger charge is 2.21. The summed E-state index contributed by atoms with van der Waals surface area (Å²) in [5.74, 6) is 0. The van der Waals surface area contributed by atoms with Crippen LogP contribution in [0.1, 0.15) is 5.56 Å². The molecule has 0 aliphatic heterocycles. The monoisotopic (exact) mass is 464 g/mol. The Labute approximate surface area is 182 Å². The number of hydrazone groups is 1. The van der Waals surface area contributed by atoms with Gasteiger partial charge in [0.25, 0.3) is 15.7 Å². The molecule has 11 heteroatoms.